The molecule has 3 rings (SSSR count). The lowest BCUT2D eigenvalue weighted by molar-refractivity contribution is -0.138. The van der Waals surface area contributed by atoms with Gasteiger partial charge in [-0.3, -0.25) is 4.79 Å². The van der Waals surface area contributed by atoms with Crippen LogP contribution >= 0.6 is 0 Å². The summed E-state index contributed by atoms with van der Waals surface area (Å²) in [5.74, 6) is -0.331. The van der Waals surface area contributed by atoms with Crippen molar-refractivity contribution in [3.8, 4) is 0 Å². The molecule has 0 aromatic heterocycles. The Morgan fingerprint density at radius 1 is 1.09 bits per heavy atom. The van der Waals surface area contributed by atoms with Crippen LogP contribution in [0.3, 0.4) is 0 Å². The molecule has 1 atom stereocenters. The molecule has 5 nitrogen and oxygen atoms in total. The van der Waals surface area contributed by atoms with Crippen molar-refractivity contribution in [3.63, 3.8) is 0 Å². The Morgan fingerprint density at radius 2 is 1.72 bits per heavy atom. The zero-order valence-electron chi connectivity index (χ0n) is 18.7. The number of hydrogen-bond acceptors (Lipinski definition) is 4. The van der Waals surface area contributed by atoms with Crippen LogP contribution in [0.1, 0.15) is 37.0 Å². The van der Waals surface area contributed by atoms with Gasteiger partial charge in [0.25, 0.3) is 0 Å². The van der Waals surface area contributed by atoms with Gasteiger partial charge in [0.05, 0.1) is 17.8 Å². The first-order valence-electron chi connectivity index (χ1n) is 10.5. The van der Waals surface area contributed by atoms with Crippen LogP contribution in [0.25, 0.3) is 0 Å². The van der Waals surface area contributed by atoms with Crippen LogP contribution in [0.4, 0.5) is 18.9 Å². The molecule has 172 valence electrons. The molecule has 1 heterocycles. The van der Waals surface area contributed by atoms with E-state index in [2.05, 4.69) is 5.16 Å². The normalized spacial score (nSPS) is 16.0. The first kappa shape index (κ1) is 23.6. The Bertz CT molecular complexity index is 952. The summed E-state index contributed by atoms with van der Waals surface area (Å²) in [5, 5.41) is 4.20. The predicted molar refractivity (Wildman–Crippen MR) is 118 cm³/mol. The molecule has 8 heteroatoms. The predicted octanol–water partition coefficient (Wildman–Crippen LogP) is 4.95. The highest BCUT2D eigenvalue weighted by Gasteiger charge is 2.31. The second-order valence-electron chi connectivity index (χ2n) is 8.48. The third-order valence-electron chi connectivity index (χ3n) is 5.33. The van der Waals surface area contributed by atoms with E-state index >= 15 is 0 Å². The quantitative estimate of drug-likeness (QED) is 0.603. The minimum absolute atomic E-state index is 0.0858. The fraction of sp³-hybridized carbons (Fsp3) is 0.417. The molecule has 32 heavy (non-hydrogen) atoms. The molecule has 0 N–H and O–H groups in total. The average molecular weight is 448 g/mol. The minimum Gasteiger partial charge on any atom is -0.390 e. The van der Waals surface area contributed by atoms with E-state index in [0.29, 0.717) is 18.5 Å². The SMILES string of the molecule is CC(C)C(=O)N(Cc1ccc(C(F)(F)F)cc1)C[C@H]1CC(c2ccc(N(C)C)cc2)=NO1. The fourth-order valence-corrected chi connectivity index (χ4v) is 3.51. The zero-order valence-corrected chi connectivity index (χ0v) is 18.7. The number of amides is 1. The highest BCUT2D eigenvalue weighted by atomic mass is 19.4. The molecule has 0 spiro atoms. The van der Waals surface area contributed by atoms with Crippen molar-refractivity contribution in [2.24, 2.45) is 11.1 Å². The van der Waals surface area contributed by atoms with Gasteiger partial charge in [0.2, 0.25) is 5.91 Å². The third kappa shape index (κ3) is 5.81. The van der Waals surface area contributed by atoms with E-state index in [0.717, 1.165) is 29.1 Å². The van der Waals surface area contributed by atoms with Gasteiger partial charge in [-0.25, -0.2) is 0 Å². The largest absolute Gasteiger partial charge is 0.416 e. The van der Waals surface area contributed by atoms with Crippen LogP contribution in [0.5, 0.6) is 0 Å². The Morgan fingerprint density at radius 3 is 2.25 bits per heavy atom. The van der Waals surface area contributed by atoms with Crippen molar-refractivity contribution in [1.82, 2.24) is 4.90 Å². The molecule has 0 saturated heterocycles. The van der Waals surface area contributed by atoms with E-state index in [1.54, 1.807) is 18.7 Å². The molecule has 1 aliphatic rings. The van der Waals surface area contributed by atoms with Crippen molar-refractivity contribution in [3.05, 3.63) is 65.2 Å². The van der Waals surface area contributed by atoms with Gasteiger partial charge in [0.15, 0.2) is 6.10 Å². The Labute approximate surface area is 186 Å². The van der Waals surface area contributed by atoms with Crippen LogP contribution < -0.4 is 4.90 Å². The van der Waals surface area contributed by atoms with Gasteiger partial charge in [0.1, 0.15) is 0 Å². The van der Waals surface area contributed by atoms with E-state index in [1.807, 2.05) is 43.3 Å². The third-order valence-corrected chi connectivity index (χ3v) is 5.33. The number of anilines is 1. The number of oxime groups is 1. The Hall–Kier alpha value is -3.03. The lowest BCUT2D eigenvalue weighted by atomic mass is 10.0. The molecule has 0 aliphatic carbocycles. The van der Waals surface area contributed by atoms with Crippen LogP contribution in [0.15, 0.2) is 53.7 Å². The number of nitrogens with zero attached hydrogens (tertiary/aromatic N) is 3. The van der Waals surface area contributed by atoms with Crippen molar-refractivity contribution >= 4 is 17.3 Å². The summed E-state index contributed by atoms with van der Waals surface area (Å²) < 4.78 is 38.5. The summed E-state index contributed by atoms with van der Waals surface area (Å²) in [6.07, 6.45) is -4.14. The molecule has 0 unspecified atom stereocenters. The van der Waals surface area contributed by atoms with Gasteiger partial charge >= 0.3 is 6.18 Å². The van der Waals surface area contributed by atoms with Crippen LogP contribution in [-0.4, -0.2) is 43.3 Å². The van der Waals surface area contributed by atoms with E-state index in [4.69, 9.17) is 4.84 Å². The number of hydrogen-bond donors (Lipinski definition) is 0. The average Bonchev–Trinajstić information content (AvgIpc) is 3.21. The number of carbonyl (C=O) groups is 1. The molecular weight excluding hydrogens is 419 g/mol. The first-order valence-corrected chi connectivity index (χ1v) is 10.5. The van der Waals surface area contributed by atoms with E-state index in [1.165, 1.54) is 12.1 Å². The second-order valence-corrected chi connectivity index (χ2v) is 8.48. The van der Waals surface area contributed by atoms with Crippen LogP contribution in [-0.2, 0) is 22.4 Å². The fourth-order valence-electron chi connectivity index (χ4n) is 3.51. The summed E-state index contributed by atoms with van der Waals surface area (Å²) >= 11 is 0. The molecule has 1 amide bonds. The van der Waals surface area contributed by atoms with Gasteiger partial charge in [0, 0.05) is 38.7 Å². The molecule has 2 aromatic rings. The van der Waals surface area contributed by atoms with Crippen molar-refractivity contribution < 1.29 is 22.8 Å². The zero-order chi connectivity index (χ0) is 23.5. The summed E-state index contributed by atoms with van der Waals surface area (Å²) in [6.45, 7) is 4.11. The van der Waals surface area contributed by atoms with Gasteiger partial charge in [-0.2, -0.15) is 13.2 Å². The monoisotopic (exact) mass is 447 g/mol. The van der Waals surface area contributed by atoms with Gasteiger partial charge in [-0.05, 0) is 35.4 Å². The lowest BCUT2D eigenvalue weighted by Crippen LogP contribution is -2.39. The highest BCUT2D eigenvalue weighted by molar-refractivity contribution is 6.01. The van der Waals surface area contributed by atoms with E-state index in [-0.39, 0.29) is 24.5 Å². The summed E-state index contributed by atoms with van der Waals surface area (Å²) in [7, 11) is 3.94. The van der Waals surface area contributed by atoms with Crippen LogP contribution in [0, 0.1) is 5.92 Å². The van der Waals surface area contributed by atoms with Crippen molar-refractivity contribution in [2.45, 2.75) is 39.1 Å². The summed E-state index contributed by atoms with van der Waals surface area (Å²) in [4.78, 5) is 22.0. The number of rotatable bonds is 7. The van der Waals surface area contributed by atoms with Gasteiger partial charge < -0.3 is 14.6 Å². The Kier molecular flexibility index (Phi) is 7.11. The van der Waals surface area contributed by atoms with Gasteiger partial charge in [-0.15, -0.1) is 0 Å². The maximum atomic E-state index is 12.8. The lowest BCUT2D eigenvalue weighted by Gasteiger charge is -2.26. The summed E-state index contributed by atoms with van der Waals surface area (Å²) in [6, 6.07) is 12.9. The highest BCUT2D eigenvalue weighted by Crippen LogP contribution is 2.29. The van der Waals surface area contributed by atoms with E-state index in [9.17, 15) is 18.0 Å². The standard InChI is InChI=1S/C24H28F3N3O2/c1-16(2)23(31)30(14-17-5-9-19(10-6-17)24(25,26)27)15-21-13-22(28-32-21)18-7-11-20(12-8-18)29(3)4/h5-12,16,21H,13-15H2,1-4H3/t21-/m1/s1. The maximum Gasteiger partial charge on any atom is 0.416 e. The number of benzene rings is 2. The molecule has 0 saturated carbocycles. The summed E-state index contributed by atoms with van der Waals surface area (Å²) in [5.41, 5.74) is 2.77. The molecular formula is C24H28F3N3O2. The number of alkyl halides is 3. The van der Waals surface area contributed by atoms with Crippen molar-refractivity contribution in [2.75, 3.05) is 25.5 Å². The second kappa shape index (κ2) is 9.63. The van der Waals surface area contributed by atoms with Crippen molar-refractivity contribution in [1.29, 1.82) is 0 Å². The molecule has 2 aromatic carbocycles. The molecule has 0 fully saturated rings. The van der Waals surface area contributed by atoms with Crippen LogP contribution in [0.2, 0.25) is 0 Å². The van der Waals surface area contributed by atoms with E-state index < -0.39 is 11.7 Å². The Balaban J connectivity index is 1.67. The number of carbonyl (C=O) groups excluding carboxylic acids is 1. The molecule has 1 aliphatic heterocycles. The molecule has 0 radical (unpaired) electrons. The maximum absolute atomic E-state index is 12.8. The smallest absolute Gasteiger partial charge is 0.390 e. The minimum atomic E-state index is -4.39. The van der Waals surface area contributed by atoms with Gasteiger partial charge in [-0.1, -0.05) is 43.3 Å². The molecule has 0 bridgehead atoms. The number of halogens is 3. The first-order chi connectivity index (χ1) is 15.0. The topological polar surface area (TPSA) is 45.1 Å².